The molecule has 0 saturated carbocycles. The maximum Gasteiger partial charge on any atom is 0.0551 e. The van der Waals surface area contributed by atoms with Crippen molar-refractivity contribution in [2.24, 2.45) is 11.8 Å². The first-order chi connectivity index (χ1) is 7.81. The molecule has 2 heterocycles. The van der Waals surface area contributed by atoms with Crippen molar-refractivity contribution in [3.63, 3.8) is 0 Å². The van der Waals surface area contributed by atoms with Crippen molar-refractivity contribution in [1.82, 2.24) is 5.32 Å². The van der Waals surface area contributed by atoms with Gasteiger partial charge < -0.3 is 14.8 Å². The zero-order chi connectivity index (χ0) is 11.4. The van der Waals surface area contributed by atoms with Crippen LogP contribution in [0.4, 0.5) is 0 Å². The van der Waals surface area contributed by atoms with Crippen LogP contribution in [0, 0.1) is 11.8 Å². The first-order valence-corrected chi connectivity index (χ1v) is 6.74. The lowest BCUT2D eigenvalue weighted by molar-refractivity contribution is 0.0270. The molecule has 2 rings (SSSR count). The van der Waals surface area contributed by atoms with E-state index in [1.807, 2.05) is 0 Å². The second-order valence-electron chi connectivity index (χ2n) is 5.20. The Hall–Kier alpha value is -0.120. The second kappa shape index (κ2) is 5.99. The third-order valence-electron chi connectivity index (χ3n) is 3.88. The fourth-order valence-corrected chi connectivity index (χ4v) is 3.10. The number of ether oxygens (including phenoxy) is 2. The average molecular weight is 227 g/mol. The summed E-state index contributed by atoms with van der Waals surface area (Å²) in [5.74, 6) is 1.37. The number of hydrogen-bond donors (Lipinski definition) is 1. The summed E-state index contributed by atoms with van der Waals surface area (Å²) < 4.78 is 11.3. The Labute approximate surface area is 98.9 Å². The van der Waals surface area contributed by atoms with E-state index >= 15 is 0 Å². The average Bonchev–Trinajstić information content (AvgIpc) is 2.74. The molecule has 2 aliphatic heterocycles. The Balaban J connectivity index is 1.92. The minimum absolute atomic E-state index is 0.440. The molecular formula is C13H25NO2. The van der Waals surface area contributed by atoms with E-state index in [0.29, 0.717) is 24.0 Å². The summed E-state index contributed by atoms with van der Waals surface area (Å²) in [5.41, 5.74) is 0. The molecule has 0 aromatic rings. The summed E-state index contributed by atoms with van der Waals surface area (Å²) in [4.78, 5) is 0. The van der Waals surface area contributed by atoms with Crippen LogP contribution >= 0.6 is 0 Å². The van der Waals surface area contributed by atoms with Gasteiger partial charge in [-0.3, -0.25) is 0 Å². The smallest absolute Gasteiger partial charge is 0.0551 e. The summed E-state index contributed by atoms with van der Waals surface area (Å²) in [5, 5.41) is 3.65. The minimum Gasteiger partial charge on any atom is -0.381 e. The predicted octanol–water partition coefficient (Wildman–Crippen LogP) is 1.82. The maximum absolute atomic E-state index is 5.70. The summed E-state index contributed by atoms with van der Waals surface area (Å²) in [6.45, 7) is 8.23. The molecule has 94 valence electrons. The highest BCUT2D eigenvalue weighted by Gasteiger charge is 2.34. The SMILES string of the molecule is CCNC(C1CCCOC1)C1COC(C)C1. The highest BCUT2D eigenvalue weighted by Crippen LogP contribution is 2.29. The molecule has 4 atom stereocenters. The van der Waals surface area contributed by atoms with Crippen LogP contribution < -0.4 is 5.32 Å². The van der Waals surface area contributed by atoms with Crippen molar-refractivity contribution in [3.05, 3.63) is 0 Å². The highest BCUT2D eigenvalue weighted by molar-refractivity contribution is 4.87. The summed E-state index contributed by atoms with van der Waals surface area (Å²) in [7, 11) is 0. The lowest BCUT2D eigenvalue weighted by Gasteiger charge is -2.34. The Bertz CT molecular complexity index is 199. The van der Waals surface area contributed by atoms with E-state index < -0.39 is 0 Å². The molecule has 4 unspecified atom stereocenters. The Morgan fingerprint density at radius 3 is 2.75 bits per heavy atom. The summed E-state index contributed by atoms with van der Waals surface area (Å²) in [6.07, 6.45) is 4.17. The Morgan fingerprint density at radius 1 is 1.31 bits per heavy atom. The van der Waals surface area contributed by atoms with Gasteiger partial charge in [-0.15, -0.1) is 0 Å². The lowest BCUT2D eigenvalue weighted by atomic mass is 9.83. The number of rotatable bonds is 4. The molecule has 0 radical (unpaired) electrons. The monoisotopic (exact) mass is 227 g/mol. The van der Waals surface area contributed by atoms with Crippen molar-refractivity contribution in [2.45, 2.75) is 45.3 Å². The van der Waals surface area contributed by atoms with E-state index in [0.717, 1.165) is 26.4 Å². The van der Waals surface area contributed by atoms with Crippen molar-refractivity contribution < 1.29 is 9.47 Å². The third kappa shape index (κ3) is 2.96. The molecule has 2 fully saturated rings. The topological polar surface area (TPSA) is 30.5 Å². The van der Waals surface area contributed by atoms with E-state index in [-0.39, 0.29) is 0 Å². The van der Waals surface area contributed by atoms with Gasteiger partial charge in [0.2, 0.25) is 0 Å². The summed E-state index contributed by atoms with van der Waals surface area (Å²) >= 11 is 0. The van der Waals surface area contributed by atoms with Crippen LogP contribution in [0.15, 0.2) is 0 Å². The van der Waals surface area contributed by atoms with Crippen molar-refractivity contribution in [2.75, 3.05) is 26.4 Å². The molecule has 3 heteroatoms. The van der Waals surface area contributed by atoms with E-state index in [1.54, 1.807) is 0 Å². The quantitative estimate of drug-likeness (QED) is 0.794. The van der Waals surface area contributed by atoms with E-state index in [9.17, 15) is 0 Å². The van der Waals surface area contributed by atoms with Crippen LogP contribution in [0.2, 0.25) is 0 Å². The molecule has 0 amide bonds. The molecule has 1 N–H and O–H groups in total. The van der Waals surface area contributed by atoms with Crippen molar-refractivity contribution in [1.29, 1.82) is 0 Å². The van der Waals surface area contributed by atoms with E-state index in [1.165, 1.54) is 19.3 Å². The molecule has 2 saturated heterocycles. The fourth-order valence-electron chi connectivity index (χ4n) is 3.10. The fraction of sp³-hybridized carbons (Fsp3) is 1.00. The standard InChI is InChI=1S/C13H25NO2/c1-3-14-13(11-5-4-6-15-8-11)12-7-10(2)16-9-12/h10-14H,3-9H2,1-2H3. The first-order valence-electron chi connectivity index (χ1n) is 6.74. The molecule has 0 aromatic heterocycles. The zero-order valence-electron chi connectivity index (χ0n) is 10.6. The Morgan fingerprint density at radius 2 is 2.19 bits per heavy atom. The molecule has 2 aliphatic rings. The molecule has 0 aliphatic carbocycles. The van der Waals surface area contributed by atoms with Gasteiger partial charge in [-0.05, 0) is 38.6 Å². The van der Waals surface area contributed by atoms with Gasteiger partial charge >= 0.3 is 0 Å². The van der Waals surface area contributed by atoms with Crippen LogP contribution in [-0.4, -0.2) is 38.5 Å². The lowest BCUT2D eigenvalue weighted by Crippen LogP contribution is -2.45. The van der Waals surface area contributed by atoms with Crippen LogP contribution in [0.3, 0.4) is 0 Å². The Kier molecular flexibility index (Phi) is 4.62. The van der Waals surface area contributed by atoms with Crippen molar-refractivity contribution in [3.8, 4) is 0 Å². The van der Waals surface area contributed by atoms with Gasteiger partial charge in [-0.25, -0.2) is 0 Å². The third-order valence-corrected chi connectivity index (χ3v) is 3.88. The van der Waals surface area contributed by atoms with E-state index in [2.05, 4.69) is 19.2 Å². The second-order valence-corrected chi connectivity index (χ2v) is 5.20. The van der Waals surface area contributed by atoms with Gasteiger partial charge in [0, 0.05) is 18.6 Å². The molecule has 0 spiro atoms. The highest BCUT2D eigenvalue weighted by atomic mass is 16.5. The molecule has 0 aromatic carbocycles. The van der Waals surface area contributed by atoms with Gasteiger partial charge in [0.05, 0.1) is 19.3 Å². The van der Waals surface area contributed by atoms with Gasteiger partial charge in [-0.2, -0.15) is 0 Å². The van der Waals surface area contributed by atoms with Crippen LogP contribution in [0.25, 0.3) is 0 Å². The van der Waals surface area contributed by atoms with Gasteiger partial charge in [0.25, 0.3) is 0 Å². The van der Waals surface area contributed by atoms with Crippen LogP contribution in [0.1, 0.15) is 33.1 Å². The molecule has 0 bridgehead atoms. The van der Waals surface area contributed by atoms with Crippen LogP contribution in [-0.2, 0) is 9.47 Å². The minimum atomic E-state index is 0.440. The maximum atomic E-state index is 5.70. The normalized spacial score (nSPS) is 37.5. The van der Waals surface area contributed by atoms with Crippen molar-refractivity contribution >= 4 is 0 Å². The van der Waals surface area contributed by atoms with Gasteiger partial charge in [0.1, 0.15) is 0 Å². The summed E-state index contributed by atoms with van der Waals surface area (Å²) in [6, 6.07) is 0.593. The zero-order valence-corrected chi connectivity index (χ0v) is 10.6. The van der Waals surface area contributed by atoms with Gasteiger partial charge in [-0.1, -0.05) is 6.92 Å². The van der Waals surface area contributed by atoms with Crippen LogP contribution in [0.5, 0.6) is 0 Å². The first kappa shape index (κ1) is 12.3. The largest absolute Gasteiger partial charge is 0.381 e. The molecule has 3 nitrogen and oxygen atoms in total. The molecule has 16 heavy (non-hydrogen) atoms. The number of nitrogens with one attached hydrogen (secondary N) is 1. The van der Waals surface area contributed by atoms with E-state index in [4.69, 9.17) is 9.47 Å². The number of hydrogen-bond acceptors (Lipinski definition) is 3. The molecular weight excluding hydrogens is 202 g/mol. The van der Waals surface area contributed by atoms with Gasteiger partial charge in [0.15, 0.2) is 0 Å². The predicted molar refractivity (Wildman–Crippen MR) is 64.5 cm³/mol.